The quantitative estimate of drug-likeness (QED) is 0.292. The highest BCUT2D eigenvalue weighted by Gasteiger charge is 2.15. The summed E-state index contributed by atoms with van der Waals surface area (Å²) in [4.78, 5) is 26.3. The Morgan fingerprint density at radius 2 is 1.88 bits per heavy atom. The maximum absolute atomic E-state index is 12.3. The van der Waals surface area contributed by atoms with E-state index in [1.54, 1.807) is 31.4 Å². The minimum absolute atomic E-state index is 0.0589. The molecule has 1 amide bonds. The van der Waals surface area contributed by atoms with E-state index in [-0.39, 0.29) is 18.2 Å². The molecule has 0 fully saturated rings. The first-order chi connectivity index (χ1) is 16.0. The third-order valence-corrected chi connectivity index (χ3v) is 5.33. The summed E-state index contributed by atoms with van der Waals surface area (Å²) in [5.74, 6) is 0.785. The molecule has 0 radical (unpaired) electrons. The summed E-state index contributed by atoms with van der Waals surface area (Å²) in [5, 5.41) is 15.2. The van der Waals surface area contributed by atoms with Gasteiger partial charge in [0.15, 0.2) is 6.61 Å². The summed E-state index contributed by atoms with van der Waals surface area (Å²) in [6.45, 7) is 0.268. The number of hydrogen-bond donors (Lipinski definition) is 2. The number of amides is 1. The van der Waals surface area contributed by atoms with Crippen molar-refractivity contribution in [2.45, 2.75) is 6.42 Å². The number of benzene rings is 3. The Morgan fingerprint density at radius 1 is 1.09 bits per heavy atom. The van der Waals surface area contributed by atoms with Gasteiger partial charge in [-0.1, -0.05) is 30.3 Å². The SMILES string of the molecule is COc1ccc(-c2cc([N+](=O)[O-])ccc2OCC(=O)NCCc2c[nH]c3ccccc23)cc1. The number of ether oxygens (including phenoxy) is 2. The fourth-order valence-electron chi connectivity index (χ4n) is 3.62. The summed E-state index contributed by atoms with van der Waals surface area (Å²) in [6.07, 6.45) is 2.63. The van der Waals surface area contributed by atoms with Crippen LogP contribution in [0.3, 0.4) is 0 Å². The lowest BCUT2D eigenvalue weighted by Gasteiger charge is -2.12. The molecule has 33 heavy (non-hydrogen) atoms. The molecule has 0 bridgehead atoms. The second-order valence-electron chi connectivity index (χ2n) is 7.41. The van der Waals surface area contributed by atoms with Gasteiger partial charge in [0, 0.05) is 41.3 Å². The van der Waals surface area contributed by atoms with Crippen molar-refractivity contribution < 1.29 is 19.2 Å². The Balaban J connectivity index is 1.40. The lowest BCUT2D eigenvalue weighted by atomic mass is 10.0. The van der Waals surface area contributed by atoms with E-state index in [4.69, 9.17) is 9.47 Å². The Bertz CT molecular complexity index is 1280. The zero-order valence-corrected chi connectivity index (χ0v) is 18.0. The van der Waals surface area contributed by atoms with Crippen LogP contribution >= 0.6 is 0 Å². The highest BCUT2D eigenvalue weighted by atomic mass is 16.6. The zero-order valence-electron chi connectivity index (χ0n) is 18.0. The van der Waals surface area contributed by atoms with Crippen molar-refractivity contribution in [2.75, 3.05) is 20.3 Å². The lowest BCUT2D eigenvalue weighted by Crippen LogP contribution is -2.30. The number of rotatable bonds is 9. The molecule has 0 aliphatic heterocycles. The van der Waals surface area contributed by atoms with Crippen LogP contribution in [0.2, 0.25) is 0 Å². The molecule has 0 unspecified atom stereocenters. The standard InChI is InChI=1S/C25H23N3O5/c1-32-20-9-6-17(7-10-20)22-14-19(28(30)31)8-11-24(22)33-16-25(29)26-13-12-18-15-27-23-5-3-2-4-21(18)23/h2-11,14-15,27H,12-13,16H2,1H3,(H,26,29). The molecule has 2 N–H and O–H groups in total. The number of H-pyrrole nitrogens is 1. The molecule has 8 heteroatoms. The molecule has 4 rings (SSSR count). The van der Waals surface area contributed by atoms with E-state index in [0.29, 0.717) is 35.6 Å². The first-order valence-electron chi connectivity index (χ1n) is 10.4. The van der Waals surface area contributed by atoms with Crippen molar-refractivity contribution in [3.05, 3.63) is 88.6 Å². The number of methoxy groups -OCH3 is 1. The molecule has 0 aliphatic rings. The third kappa shape index (κ3) is 5.12. The molecule has 8 nitrogen and oxygen atoms in total. The number of nitro groups is 1. The average molecular weight is 445 g/mol. The van der Waals surface area contributed by atoms with E-state index in [0.717, 1.165) is 16.5 Å². The first kappa shape index (κ1) is 21.9. The van der Waals surface area contributed by atoms with Crippen LogP contribution in [0.5, 0.6) is 11.5 Å². The molecule has 0 saturated heterocycles. The maximum Gasteiger partial charge on any atom is 0.270 e. The minimum Gasteiger partial charge on any atom is -0.497 e. The van der Waals surface area contributed by atoms with Crippen LogP contribution in [-0.4, -0.2) is 36.1 Å². The number of aromatic nitrogens is 1. The van der Waals surface area contributed by atoms with Crippen molar-refractivity contribution in [1.29, 1.82) is 0 Å². The Hall–Kier alpha value is -4.33. The van der Waals surface area contributed by atoms with Crippen molar-refractivity contribution in [2.24, 2.45) is 0 Å². The van der Waals surface area contributed by atoms with E-state index in [9.17, 15) is 14.9 Å². The number of nitro benzene ring substituents is 1. The number of carbonyl (C=O) groups is 1. The molecule has 1 heterocycles. The summed E-state index contributed by atoms with van der Waals surface area (Å²) >= 11 is 0. The molecule has 1 aromatic heterocycles. The fourth-order valence-corrected chi connectivity index (χ4v) is 3.62. The van der Waals surface area contributed by atoms with E-state index in [1.807, 2.05) is 30.5 Å². The van der Waals surface area contributed by atoms with Gasteiger partial charge in [0.05, 0.1) is 12.0 Å². The van der Waals surface area contributed by atoms with Gasteiger partial charge in [-0.15, -0.1) is 0 Å². The Kier molecular flexibility index (Phi) is 6.54. The smallest absolute Gasteiger partial charge is 0.270 e. The summed E-state index contributed by atoms with van der Waals surface area (Å²) in [7, 11) is 1.56. The highest BCUT2D eigenvalue weighted by molar-refractivity contribution is 5.83. The van der Waals surface area contributed by atoms with Gasteiger partial charge in [-0.05, 0) is 41.8 Å². The van der Waals surface area contributed by atoms with Gasteiger partial charge < -0.3 is 19.8 Å². The highest BCUT2D eigenvalue weighted by Crippen LogP contribution is 2.34. The number of fused-ring (bicyclic) bond motifs is 1. The summed E-state index contributed by atoms with van der Waals surface area (Å²) in [5.41, 5.74) is 3.37. The third-order valence-electron chi connectivity index (χ3n) is 5.33. The number of non-ortho nitro benzene ring substituents is 1. The molecule has 0 spiro atoms. The van der Waals surface area contributed by atoms with Crippen LogP contribution in [0.15, 0.2) is 72.9 Å². The van der Waals surface area contributed by atoms with Crippen LogP contribution < -0.4 is 14.8 Å². The van der Waals surface area contributed by atoms with Gasteiger partial charge in [-0.25, -0.2) is 0 Å². The van der Waals surface area contributed by atoms with E-state index in [2.05, 4.69) is 10.3 Å². The first-order valence-corrected chi connectivity index (χ1v) is 10.4. The summed E-state index contributed by atoms with van der Waals surface area (Å²) in [6, 6.07) is 19.4. The number of carbonyl (C=O) groups excluding carboxylic acids is 1. The number of hydrogen-bond acceptors (Lipinski definition) is 5. The predicted octanol–water partition coefficient (Wildman–Crippen LogP) is 4.49. The topological polar surface area (TPSA) is 106 Å². The lowest BCUT2D eigenvalue weighted by molar-refractivity contribution is -0.384. The molecule has 0 atom stereocenters. The van der Waals surface area contributed by atoms with Crippen LogP contribution in [0.4, 0.5) is 5.69 Å². The summed E-state index contributed by atoms with van der Waals surface area (Å²) < 4.78 is 10.9. The Morgan fingerprint density at radius 3 is 2.64 bits per heavy atom. The van der Waals surface area contributed by atoms with Crippen LogP contribution in [0, 0.1) is 10.1 Å². The molecular weight excluding hydrogens is 422 g/mol. The van der Waals surface area contributed by atoms with Gasteiger partial charge in [-0.3, -0.25) is 14.9 Å². The molecule has 4 aromatic rings. The minimum atomic E-state index is -0.464. The van der Waals surface area contributed by atoms with Gasteiger partial charge in [0.25, 0.3) is 11.6 Å². The zero-order chi connectivity index (χ0) is 23.2. The van der Waals surface area contributed by atoms with E-state index < -0.39 is 4.92 Å². The number of para-hydroxylation sites is 1. The number of nitrogens with zero attached hydrogens (tertiary/aromatic N) is 1. The number of aromatic amines is 1. The van der Waals surface area contributed by atoms with Crippen molar-refractivity contribution >= 4 is 22.5 Å². The second-order valence-corrected chi connectivity index (χ2v) is 7.41. The average Bonchev–Trinajstić information content (AvgIpc) is 3.26. The molecule has 0 saturated carbocycles. The normalized spacial score (nSPS) is 10.7. The largest absolute Gasteiger partial charge is 0.497 e. The van der Waals surface area contributed by atoms with E-state index in [1.165, 1.54) is 18.2 Å². The van der Waals surface area contributed by atoms with Crippen molar-refractivity contribution in [1.82, 2.24) is 10.3 Å². The van der Waals surface area contributed by atoms with Crippen LogP contribution in [0.1, 0.15) is 5.56 Å². The predicted molar refractivity (Wildman–Crippen MR) is 126 cm³/mol. The van der Waals surface area contributed by atoms with Gasteiger partial charge >= 0.3 is 0 Å². The molecule has 168 valence electrons. The molecular formula is C25H23N3O5. The van der Waals surface area contributed by atoms with Gasteiger partial charge in [0.2, 0.25) is 0 Å². The van der Waals surface area contributed by atoms with E-state index >= 15 is 0 Å². The van der Waals surface area contributed by atoms with Crippen molar-refractivity contribution in [3.63, 3.8) is 0 Å². The fraction of sp³-hybridized carbons (Fsp3) is 0.160. The monoisotopic (exact) mass is 445 g/mol. The molecule has 0 aliphatic carbocycles. The van der Waals surface area contributed by atoms with Gasteiger partial charge in [-0.2, -0.15) is 0 Å². The Labute approximate surface area is 190 Å². The van der Waals surface area contributed by atoms with Crippen LogP contribution in [-0.2, 0) is 11.2 Å². The maximum atomic E-state index is 12.3. The van der Waals surface area contributed by atoms with Gasteiger partial charge in [0.1, 0.15) is 11.5 Å². The molecule has 3 aromatic carbocycles. The van der Waals surface area contributed by atoms with Crippen molar-refractivity contribution in [3.8, 4) is 22.6 Å². The second kappa shape index (κ2) is 9.86. The van der Waals surface area contributed by atoms with Crippen LogP contribution in [0.25, 0.3) is 22.0 Å². The number of nitrogens with one attached hydrogen (secondary N) is 2.